The van der Waals surface area contributed by atoms with E-state index < -0.39 is 11.7 Å². The first-order chi connectivity index (χ1) is 12.0. The fourth-order valence-electron chi connectivity index (χ4n) is 2.78. The highest BCUT2D eigenvalue weighted by Crippen LogP contribution is 2.37. The SMILES string of the molecule is FC(F)(F)c1ccc(/C=C2\OC(c3ccccc3)c3nccn32)cc1. The Bertz CT molecular complexity index is 912. The van der Waals surface area contributed by atoms with Gasteiger partial charge in [-0.2, -0.15) is 13.2 Å². The van der Waals surface area contributed by atoms with E-state index in [-0.39, 0.29) is 6.10 Å². The molecule has 3 aromatic rings. The molecular weight excluding hydrogens is 329 g/mol. The summed E-state index contributed by atoms with van der Waals surface area (Å²) in [5.74, 6) is 1.27. The fourth-order valence-corrected chi connectivity index (χ4v) is 2.78. The molecule has 126 valence electrons. The van der Waals surface area contributed by atoms with Crippen LogP contribution in [0.15, 0.2) is 67.0 Å². The Labute approximate surface area is 142 Å². The highest BCUT2D eigenvalue weighted by Gasteiger charge is 2.31. The highest BCUT2D eigenvalue weighted by atomic mass is 19.4. The largest absolute Gasteiger partial charge is 0.462 e. The van der Waals surface area contributed by atoms with Gasteiger partial charge in [-0.1, -0.05) is 42.5 Å². The molecule has 1 unspecified atom stereocenters. The van der Waals surface area contributed by atoms with Crippen molar-refractivity contribution in [1.29, 1.82) is 0 Å². The summed E-state index contributed by atoms with van der Waals surface area (Å²) in [4.78, 5) is 4.34. The summed E-state index contributed by atoms with van der Waals surface area (Å²) in [6.45, 7) is 0. The number of hydrogen-bond donors (Lipinski definition) is 0. The molecule has 0 N–H and O–H groups in total. The molecule has 0 saturated carbocycles. The first-order valence-corrected chi connectivity index (χ1v) is 7.66. The first kappa shape index (κ1) is 15.5. The van der Waals surface area contributed by atoms with Crippen molar-refractivity contribution >= 4 is 12.0 Å². The third kappa shape index (κ3) is 2.91. The van der Waals surface area contributed by atoms with Crippen LogP contribution in [0.5, 0.6) is 0 Å². The summed E-state index contributed by atoms with van der Waals surface area (Å²) in [6.07, 6.45) is 0.472. The molecule has 2 aromatic carbocycles. The van der Waals surface area contributed by atoms with E-state index in [1.165, 1.54) is 12.1 Å². The van der Waals surface area contributed by atoms with Crippen LogP contribution in [0.25, 0.3) is 12.0 Å². The summed E-state index contributed by atoms with van der Waals surface area (Å²) >= 11 is 0. The Morgan fingerprint density at radius 1 is 1.00 bits per heavy atom. The molecule has 0 fully saturated rings. The number of benzene rings is 2. The molecule has 3 nitrogen and oxygen atoms in total. The number of halogens is 3. The van der Waals surface area contributed by atoms with Gasteiger partial charge in [0.15, 0.2) is 11.9 Å². The zero-order chi connectivity index (χ0) is 17.4. The molecule has 2 heterocycles. The minimum atomic E-state index is -4.34. The third-order valence-corrected chi connectivity index (χ3v) is 4.01. The lowest BCUT2D eigenvalue weighted by molar-refractivity contribution is -0.137. The maximum atomic E-state index is 12.7. The molecule has 0 spiro atoms. The fraction of sp³-hybridized carbons (Fsp3) is 0.105. The molecule has 6 heteroatoms. The third-order valence-electron chi connectivity index (χ3n) is 4.01. The zero-order valence-electron chi connectivity index (χ0n) is 12.9. The summed E-state index contributed by atoms with van der Waals surface area (Å²) in [5, 5.41) is 0. The van der Waals surface area contributed by atoms with Crippen LogP contribution in [0.4, 0.5) is 13.2 Å². The van der Waals surface area contributed by atoms with Crippen molar-refractivity contribution < 1.29 is 17.9 Å². The van der Waals surface area contributed by atoms with Gasteiger partial charge in [0.2, 0.25) is 5.88 Å². The van der Waals surface area contributed by atoms with Crippen molar-refractivity contribution in [1.82, 2.24) is 9.55 Å². The molecule has 0 saturated heterocycles. The summed E-state index contributed by atoms with van der Waals surface area (Å²) in [7, 11) is 0. The molecule has 1 atom stereocenters. The van der Waals surface area contributed by atoms with Crippen LogP contribution in [-0.4, -0.2) is 9.55 Å². The second-order valence-electron chi connectivity index (χ2n) is 5.67. The second-order valence-corrected chi connectivity index (χ2v) is 5.67. The van der Waals surface area contributed by atoms with Crippen LogP contribution in [0.3, 0.4) is 0 Å². The van der Waals surface area contributed by atoms with Crippen LogP contribution in [0, 0.1) is 0 Å². The molecule has 0 bridgehead atoms. The molecule has 1 aromatic heterocycles. The van der Waals surface area contributed by atoms with E-state index in [0.717, 1.165) is 23.5 Å². The van der Waals surface area contributed by atoms with Gasteiger partial charge in [-0.15, -0.1) is 0 Å². The van der Waals surface area contributed by atoms with Crippen molar-refractivity contribution in [3.8, 4) is 0 Å². The minimum Gasteiger partial charge on any atom is -0.462 e. The van der Waals surface area contributed by atoms with Crippen molar-refractivity contribution in [2.75, 3.05) is 0 Å². The lowest BCUT2D eigenvalue weighted by atomic mass is 10.1. The smallest absolute Gasteiger partial charge is 0.416 e. The Balaban J connectivity index is 1.67. The lowest BCUT2D eigenvalue weighted by Gasteiger charge is -2.10. The number of fused-ring (bicyclic) bond motifs is 1. The molecular formula is C19H13F3N2O. The van der Waals surface area contributed by atoms with Gasteiger partial charge < -0.3 is 4.74 Å². The van der Waals surface area contributed by atoms with E-state index >= 15 is 0 Å². The van der Waals surface area contributed by atoms with Crippen molar-refractivity contribution in [3.63, 3.8) is 0 Å². The van der Waals surface area contributed by atoms with Crippen LogP contribution >= 0.6 is 0 Å². The number of ether oxygens (including phenoxy) is 1. The van der Waals surface area contributed by atoms with Gasteiger partial charge >= 0.3 is 6.18 Å². The standard InChI is InChI=1S/C19H13F3N2O/c20-19(21,22)15-8-6-13(7-9-15)12-16-24-11-10-23-18(24)17(25-16)14-4-2-1-3-5-14/h1-12,17H/b16-12-. The molecule has 4 rings (SSSR count). The van der Waals surface area contributed by atoms with Gasteiger partial charge in [-0.3, -0.25) is 4.57 Å². The molecule has 1 aliphatic rings. The lowest BCUT2D eigenvalue weighted by Crippen LogP contribution is -2.04. The normalized spacial score (nSPS) is 18.2. The van der Waals surface area contributed by atoms with Crippen molar-refractivity contribution in [3.05, 3.63) is 89.5 Å². The Morgan fingerprint density at radius 2 is 1.72 bits per heavy atom. The highest BCUT2D eigenvalue weighted by molar-refractivity contribution is 5.69. The van der Waals surface area contributed by atoms with Gasteiger partial charge in [0.1, 0.15) is 0 Å². The predicted molar refractivity (Wildman–Crippen MR) is 87.2 cm³/mol. The monoisotopic (exact) mass is 342 g/mol. The second kappa shape index (κ2) is 5.81. The summed E-state index contributed by atoms with van der Waals surface area (Å²) in [5.41, 5.74) is 0.912. The van der Waals surface area contributed by atoms with E-state index in [9.17, 15) is 13.2 Å². The van der Waals surface area contributed by atoms with Crippen LogP contribution in [-0.2, 0) is 10.9 Å². The van der Waals surface area contributed by atoms with Crippen LogP contribution < -0.4 is 0 Å². The van der Waals surface area contributed by atoms with Crippen molar-refractivity contribution in [2.45, 2.75) is 12.3 Å². The van der Waals surface area contributed by atoms with Gasteiger partial charge in [-0.25, -0.2) is 4.98 Å². The molecule has 25 heavy (non-hydrogen) atoms. The van der Waals surface area contributed by atoms with Crippen LogP contribution in [0.2, 0.25) is 0 Å². The number of rotatable bonds is 2. The van der Waals surface area contributed by atoms with Crippen LogP contribution in [0.1, 0.15) is 28.6 Å². The summed E-state index contributed by atoms with van der Waals surface area (Å²) in [6, 6.07) is 14.6. The zero-order valence-corrected chi connectivity index (χ0v) is 12.9. The number of hydrogen-bond acceptors (Lipinski definition) is 2. The Kier molecular flexibility index (Phi) is 3.60. The van der Waals surface area contributed by atoms with E-state index in [0.29, 0.717) is 11.4 Å². The van der Waals surface area contributed by atoms with Gasteiger partial charge in [0, 0.05) is 24.0 Å². The number of aromatic nitrogens is 2. The maximum absolute atomic E-state index is 12.7. The van der Waals surface area contributed by atoms with Gasteiger partial charge in [0.05, 0.1) is 5.56 Å². The average Bonchev–Trinajstić information content (AvgIpc) is 3.19. The predicted octanol–water partition coefficient (Wildman–Crippen LogP) is 4.98. The minimum absolute atomic E-state index is 0.336. The molecule has 0 aliphatic carbocycles. The quantitative estimate of drug-likeness (QED) is 0.657. The Hall–Kier alpha value is -3.02. The van der Waals surface area contributed by atoms with E-state index in [4.69, 9.17) is 4.74 Å². The van der Waals surface area contributed by atoms with E-state index in [2.05, 4.69) is 4.98 Å². The molecule has 0 radical (unpaired) electrons. The van der Waals surface area contributed by atoms with Gasteiger partial charge in [-0.05, 0) is 17.7 Å². The molecule has 0 amide bonds. The number of imidazole rings is 1. The van der Waals surface area contributed by atoms with Gasteiger partial charge in [0.25, 0.3) is 0 Å². The number of alkyl halides is 3. The van der Waals surface area contributed by atoms with E-state index in [1.54, 1.807) is 23.0 Å². The summed E-state index contributed by atoms with van der Waals surface area (Å²) < 4.78 is 45.8. The Morgan fingerprint density at radius 3 is 2.40 bits per heavy atom. The maximum Gasteiger partial charge on any atom is 0.416 e. The topological polar surface area (TPSA) is 27.1 Å². The first-order valence-electron chi connectivity index (χ1n) is 7.66. The molecule has 1 aliphatic heterocycles. The van der Waals surface area contributed by atoms with Crippen molar-refractivity contribution in [2.24, 2.45) is 0 Å². The number of nitrogens with zero attached hydrogens (tertiary/aromatic N) is 2. The van der Waals surface area contributed by atoms with E-state index in [1.807, 2.05) is 30.3 Å². The average molecular weight is 342 g/mol.